The molecule has 2 aromatic carbocycles. The molecule has 0 aliphatic heterocycles. The first-order chi connectivity index (χ1) is 10.0. The molecule has 0 atom stereocenters. The summed E-state index contributed by atoms with van der Waals surface area (Å²) in [5, 5.41) is 3.40. The van der Waals surface area contributed by atoms with Gasteiger partial charge < -0.3 is 10.1 Å². The lowest BCUT2D eigenvalue weighted by molar-refractivity contribution is 0.0950. The molecule has 2 rings (SSSR count). The van der Waals surface area contributed by atoms with Crippen LogP contribution in [0.3, 0.4) is 0 Å². The van der Waals surface area contributed by atoms with E-state index in [4.69, 9.17) is 16.3 Å². The van der Waals surface area contributed by atoms with Crippen molar-refractivity contribution in [3.8, 4) is 5.75 Å². The number of nitrogens with one attached hydrogen (secondary N) is 1. The van der Waals surface area contributed by atoms with E-state index in [1.165, 1.54) is 0 Å². The van der Waals surface area contributed by atoms with Gasteiger partial charge in [-0.25, -0.2) is 0 Å². The standard InChI is InChI=1S/C15H12Br2ClNO2/c1-21-14-4-2-3-13(18)12(14)8-19-15(20)9-5-10(16)7-11(17)6-9/h2-7H,8H2,1H3,(H,19,20). The number of ether oxygens (including phenoxy) is 1. The fraction of sp³-hybridized carbons (Fsp3) is 0.133. The quantitative estimate of drug-likeness (QED) is 0.752. The molecule has 110 valence electrons. The summed E-state index contributed by atoms with van der Waals surface area (Å²) in [5.41, 5.74) is 1.31. The number of hydrogen-bond donors (Lipinski definition) is 1. The van der Waals surface area contributed by atoms with Crippen LogP contribution < -0.4 is 10.1 Å². The molecule has 0 aromatic heterocycles. The first-order valence-electron chi connectivity index (χ1n) is 6.07. The topological polar surface area (TPSA) is 38.3 Å². The van der Waals surface area contributed by atoms with Gasteiger partial charge in [-0.05, 0) is 30.3 Å². The SMILES string of the molecule is COc1cccc(Cl)c1CNC(=O)c1cc(Br)cc(Br)c1. The summed E-state index contributed by atoms with van der Waals surface area (Å²) in [6, 6.07) is 10.8. The lowest BCUT2D eigenvalue weighted by atomic mass is 10.1. The smallest absolute Gasteiger partial charge is 0.251 e. The molecule has 0 fully saturated rings. The van der Waals surface area contributed by atoms with E-state index in [0.29, 0.717) is 22.9 Å². The predicted molar refractivity (Wildman–Crippen MR) is 91.0 cm³/mol. The first-order valence-corrected chi connectivity index (χ1v) is 8.03. The van der Waals surface area contributed by atoms with Gasteiger partial charge in [0, 0.05) is 31.6 Å². The van der Waals surface area contributed by atoms with Gasteiger partial charge in [0.15, 0.2) is 0 Å². The van der Waals surface area contributed by atoms with Gasteiger partial charge in [-0.15, -0.1) is 0 Å². The third kappa shape index (κ3) is 4.22. The summed E-state index contributed by atoms with van der Waals surface area (Å²) >= 11 is 12.9. The van der Waals surface area contributed by atoms with Crippen molar-refractivity contribution < 1.29 is 9.53 Å². The van der Waals surface area contributed by atoms with Crippen LogP contribution in [0.5, 0.6) is 5.75 Å². The van der Waals surface area contributed by atoms with E-state index in [-0.39, 0.29) is 5.91 Å². The molecule has 3 nitrogen and oxygen atoms in total. The Morgan fingerprint density at radius 1 is 1.24 bits per heavy atom. The number of carbonyl (C=O) groups excluding carboxylic acids is 1. The van der Waals surface area contributed by atoms with Gasteiger partial charge in [-0.3, -0.25) is 4.79 Å². The van der Waals surface area contributed by atoms with Crippen molar-refractivity contribution in [2.75, 3.05) is 7.11 Å². The van der Waals surface area contributed by atoms with Crippen LogP contribution in [0, 0.1) is 0 Å². The summed E-state index contributed by atoms with van der Waals surface area (Å²) < 4.78 is 6.91. The van der Waals surface area contributed by atoms with Crippen molar-refractivity contribution >= 4 is 49.4 Å². The number of rotatable bonds is 4. The van der Waals surface area contributed by atoms with Crippen LogP contribution >= 0.6 is 43.5 Å². The molecule has 0 saturated carbocycles. The minimum absolute atomic E-state index is 0.182. The lowest BCUT2D eigenvalue weighted by Gasteiger charge is -2.11. The molecule has 0 aliphatic rings. The molecular formula is C15H12Br2ClNO2. The van der Waals surface area contributed by atoms with E-state index in [1.807, 2.05) is 12.1 Å². The Hall–Kier alpha value is -1.04. The van der Waals surface area contributed by atoms with Crippen molar-refractivity contribution in [1.29, 1.82) is 0 Å². The van der Waals surface area contributed by atoms with Gasteiger partial charge in [0.05, 0.1) is 7.11 Å². The molecule has 0 radical (unpaired) electrons. The van der Waals surface area contributed by atoms with Gasteiger partial charge in [0.1, 0.15) is 5.75 Å². The average Bonchev–Trinajstić information content (AvgIpc) is 2.44. The van der Waals surface area contributed by atoms with Crippen molar-refractivity contribution in [3.05, 3.63) is 61.5 Å². The molecule has 6 heteroatoms. The molecule has 0 saturated heterocycles. The molecule has 0 bridgehead atoms. The van der Waals surface area contributed by atoms with Crippen LogP contribution in [0.1, 0.15) is 15.9 Å². The maximum absolute atomic E-state index is 12.2. The third-order valence-electron chi connectivity index (χ3n) is 2.85. The predicted octanol–water partition coefficient (Wildman–Crippen LogP) is 4.80. The number of amides is 1. The van der Waals surface area contributed by atoms with Crippen LogP contribution in [-0.4, -0.2) is 13.0 Å². The molecule has 0 aliphatic carbocycles. The van der Waals surface area contributed by atoms with Gasteiger partial charge in [-0.1, -0.05) is 49.5 Å². The number of carbonyl (C=O) groups is 1. The summed E-state index contributed by atoms with van der Waals surface area (Å²) in [6.07, 6.45) is 0. The molecular weight excluding hydrogens is 421 g/mol. The molecule has 0 heterocycles. The van der Waals surface area contributed by atoms with Gasteiger partial charge in [0.25, 0.3) is 5.91 Å². The zero-order valence-electron chi connectivity index (χ0n) is 11.1. The van der Waals surface area contributed by atoms with Crippen molar-refractivity contribution in [1.82, 2.24) is 5.32 Å². The normalized spacial score (nSPS) is 10.3. The van der Waals surface area contributed by atoms with Gasteiger partial charge >= 0.3 is 0 Å². The Labute approximate surface area is 144 Å². The largest absolute Gasteiger partial charge is 0.496 e. The van der Waals surface area contributed by atoms with E-state index in [1.54, 1.807) is 31.4 Å². The fourth-order valence-corrected chi connectivity index (χ4v) is 3.38. The Morgan fingerprint density at radius 3 is 2.52 bits per heavy atom. The lowest BCUT2D eigenvalue weighted by Crippen LogP contribution is -2.23. The number of hydrogen-bond acceptors (Lipinski definition) is 2. The van der Waals surface area contributed by atoms with Crippen LogP contribution in [0.4, 0.5) is 0 Å². The highest BCUT2D eigenvalue weighted by molar-refractivity contribution is 9.11. The summed E-state index contributed by atoms with van der Waals surface area (Å²) in [4.78, 5) is 12.2. The molecule has 0 unspecified atom stereocenters. The molecule has 0 spiro atoms. The Morgan fingerprint density at radius 2 is 1.90 bits per heavy atom. The minimum Gasteiger partial charge on any atom is -0.496 e. The second kappa shape index (κ2) is 7.29. The maximum Gasteiger partial charge on any atom is 0.251 e. The van der Waals surface area contributed by atoms with Crippen LogP contribution in [-0.2, 0) is 6.54 Å². The van der Waals surface area contributed by atoms with Crippen LogP contribution in [0.2, 0.25) is 5.02 Å². The third-order valence-corrected chi connectivity index (χ3v) is 4.12. The zero-order valence-corrected chi connectivity index (χ0v) is 15.0. The van der Waals surface area contributed by atoms with Crippen molar-refractivity contribution in [2.24, 2.45) is 0 Å². The molecule has 1 amide bonds. The molecule has 2 aromatic rings. The highest BCUT2D eigenvalue weighted by Gasteiger charge is 2.11. The van der Waals surface area contributed by atoms with Crippen molar-refractivity contribution in [2.45, 2.75) is 6.54 Å². The Bertz CT molecular complexity index is 656. The number of methoxy groups -OCH3 is 1. The molecule has 1 N–H and O–H groups in total. The number of benzene rings is 2. The van der Waals surface area contributed by atoms with E-state index < -0.39 is 0 Å². The maximum atomic E-state index is 12.2. The second-order valence-electron chi connectivity index (χ2n) is 4.26. The van der Waals surface area contributed by atoms with E-state index in [9.17, 15) is 4.79 Å². The highest BCUT2D eigenvalue weighted by atomic mass is 79.9. The van der Waals surface area contributed by atoms with Crippen LogP contribution in [0.15, 0.2) is 45.3 Å². The highest BCUT2D eigenvalue weighted by Crippen LogP contribution is 2.26. The minimum atomic E-state index is -0.182. The van der Waals surface area contributed by atoms with Crippen molar-refractivity contribution in [3.63, 3.8) is 0 Å². The van der Waals surface area contributed by atoms with Gasteiger partial charge in [0.2, 0.25) is 0 Å². The average molecular weight is 434 g/mol. The second-order valence-corrected chi connectivity index (χ2v) is 6.50. The van der Waals surface area contributed by atoms with E-state index in [0.717, 1.165) is 14.5 Å². The Balaban J connectivity index is 2.15. The summed E-state index contributed by atoms with van der Waals surface area (Å²) in [6.45, 7) is 0.297. The first kappa shape index (κ1) is 16.3. The fourth-order valence-electron chi connectivity index (χ4n) is 1.86. The zero-order chi connectivity index (χ0) is 15.4. The number of halogens is 3. The summed E-state index contributed by atoms with van der Waals surface area (Å²) in [5.74, 6) is 0.470. The van der Waals surface area contributed by atoms with E-state index >= 15 is 0 Å². The van der Waals surface area contributed by atoms with E-state index in [2.05, 4.69) is 37.2 Å². The molecule has 21 heavy (non-hydrogen) atoms. The van der Waals surface area contributed by atoms with Crippen LogP contribution in [0.25, 0.3) is 0 Å². The Kier molecular flexibility index (Phi) is 5.67. The monoisotopic (exact) mass is 431 g/mol. The van der Waals surface area contributed by atoms with Gasteiger partial charge in [-0.2, -0.15) is 0 Å². The summed E-state index contributed by atoms with van der Waals surface area (Å²) in [7, 11) is 1.57.